The SMILES string of the molecule is Cc1cccc(N2CCN(c3ccc(N)cc3)CC2)c1C. The highest BCUT2D eigenvalue weighted by Crippen LogP contribution is 2.25. The minimum Gasteiger partial charge on any atom is -0.399 e. The third-order valence-electron chi connectivity index (χ3n) is 4.45. The molecule has 2 N–H and O–H groups in total. The highest BCUT2D eigenvalue weighted by atomic mass is 15.3. The highest BCUT2D eigenvalue weighted by Gasteiger charge is 2.18. The first-order chi connectivity index (χ1) is 10.1. The van der Waals surface area contributed by atoms with Crippen LogP contribution in [0.1, 0.15) is 11.1 Å². The summed E-state index contributed by atoms with van der Waals surface area (Å²) in [4.78, 5) is 4.93. The van der Waals surface area contributed by atoms with Gasteiger partial charge >= 0.3 is 0 Å². The number of anilines is 3. The van der Waals surface area contributed by atoms with Crippen LogP contribution < -0.4 is 15.5 Å². The van der Waals surface area contributed by atoms with Gasteiger partial charge in [-0.15, -0.1) is 0 Å². The molecule has 1 aliphatic rings. The van der Waals surface area contributed by atoms with Gasteiger partial charge in [-0.25, -0.2) is 0 Å². The number of nitrogens with two attached hydrogens (primary N) is 1. The van der Waals surface area contributed by atoms with E-state index >= 15 is 0 Å². The number of hydrogen-bond donors (Lipinski definition) is 1. The molecule has 0 unspecified atom stereocenters. The van der Waals surface area contributed by atoms with Crippen molar-refractivity contribution in [3.05, 3.63) is 53.6 Å². The van der Waals surface area contributed by atoms with Crippen LogP contribution in [-0.2, 0) is 0 Å². The molecule has 1 heterocycles. The molecule has 3 rings (SSSR count). The average Bonchev–Trinajstić information content (AvgIpc) is 2.51. The molecule has 0 amide bonds. The van der Waals surface area contributed by atoms with E-state index < -0.39 is 0 Å². The van der Waals surface area contributed by atoms with E-state index in [-0.39, 0.29) is 0 Å². The smallest absolute Gasteiger partial charge is 0.0399 e. The predicted molar refractivity (Wildman–Crippen MR) is 91.2 cm³/mol. The largest absolute Gasteiger partial charge is 0.399 e. The van der Waals surface area contributed by atoms with Crippen molar-refractivity contribution in [1.29, 1.82) is 0 Å². The van der Waals surface area contributed by atoms with Crippen LogP contribution in [-0.4, -0.2) is 26.2 Å². The Labute approximate surface area is 127 Å². The molecule has 0 aliphatic carbocycles. The zero-order valence-corrected chi connectivity index (χ0v) is 12.8. The highest BCUT2D eigenvalue weighted by molar-refractivity contribution is 5.58. The number of hydrogen-bond acceptors (Lipinski definition) is 3. The van der Waals surface area contributed by atoms with E-state index in [0.29, 0.717) is 0 Å². The van der Waals surface area contributed by atoms with Crippen molar-refractivity contribution in [2.24, 2.45) is 0 Å². The molecule has 0 radical (unpaired) electrons. The van der Waals surface area contributed by atoms with Gasteiger partial charge in [0, 0.05) is 43.2 Å². The minimum absolute atomic E-state index is 0.827. The fourth-order valence-electron chi connectivity index (χ4n) is 2.97. The van der Waals surface area contributed by atoms with Gasteiger partial charge in [-0.1, -0.05) is 12.1 Å². The van der Waals surface area contributed by atoms with Gasteiger partial charge in [0.25, 0.3) is 0 Å². The molecule has 0 spiro atoms. The van der Waals surface area contributed by atoms with E-state index in [2.05, 4.69) is 54.0 Å². The van der Waals surface area contributed by atoms with Crippen molar-refractivity contribution in [1.82, 2.24) is 0 Å². The number of benzene rings is 2. The Morgan fingerprint density at radius 3 is 2.10 bits per heavy atom. The van der Waals surface area contributed by atoms with Crippen molar-refractivity contribution in [2.75, 3.05) is 41.7 Å². The van der Waals surface area contributed by atoms with Crippen LogP contribution in [0.4, 0.5) is 17.1 Å². The maximum atomic E-state index is 5.76. The molecule has 0 aromatic heterocycles. The zero-order chi connectivity index (χ0) is 14.8. The predicted octanol–water partition coefficient (Wildman–Crippen LogP) is 3.21. The monoisotopic (exact) mass is 281 g/mol. The van der Waals surface area contributed by atoms with Crippen LogP contribution in [0.3, 0.4) is 0 Å². The van der Waals surface area contributed by atoms with Crippen LogP contribution in [0, 0.1) is 13.8 Å². The number of piperazine rings is 1. The summed E-state index contributed by atoms with van der Waals surface area (Å²) < 4.78 is 0. The van der Waals surface area contributed by atoms with E-state index in [1.54, 1.807) is 0 Å². The molecule has 3 nitrogen and oxygen atoms in total. The Kier molecular flexibility index (Phi) is 3.74. The standard InChI is InChI=1S/C18H23N3/c1-14-4-3-5-18(15(14)2)21-12-10-20(11-13-21)17-8-6-16(19)7-9-17/h3-9H,10-13,19H2,1-2H3. The van der Waals surface area contributed by atoms with Gasteiger partial charge in [0.15, 0.2) is 0 Å². The average molecular weight is 281 g/mol. The van der Waals surface area contributed by atoms with Gasteiger partial charge in [0.2, 0.25) is 0 Å². The first-order valence-corrected chi connectivity index (χ1v) is 7.57. The molecule has 2 aromatic carbocycles. The normalized spacial score (nSPS) is 15.3. The second kappa shape index (κ2) is 5.68. The Morgan fingerprint density at radius 2 is 1.43 bits per heavy atom. The van der Waals surface area contributed by atoms with E-state index in [1.807, 2.05) is 12.1 Å². The third kappa shape index (κ3) is 2.82. The fourth-order valence-corrected chi connectivity index (χ4v) is 2.97. The molecular weight excluding hydrogens is 258 g/mol. The molecule has 1 saturated heterocycles. The third-order valence-corrected chi connectivity index (χ3v) is 4.45. The topological polar surface area (TPSA) is 32.5 Å². The Bertz CT molecular complexity index is 611. The molecule has 21 heavy (non-hydrogen) atoms. The molecule has 0 bridgehead atoms. The number of rotatable bonds is 2. The molecule has 110 valence electrons. The summed E-state index contributed by atoms with van der Waals surface area (Å²) in [5, 5.41) is 0. The maximum Gasteiger partial charge on any atom is 0.0399 e. The van der Waals surface area contributed by atoms with Gasteiger partial charge in [-0.3, -0.25) is 0 Å². The lowest BCUT2D eigenvalue weighted by Crippen LogP contribution is -2.46. The van der Waals surface area contributed by atoms with Crippen molar-refractivity contribution >= 4 is 17.1 Å². The Balaban J connectivity index is 1.70. The van der Waals surface area contributed by atoms with E-state index in [0.717, 1.165) is 31.9 Å². The Morgan fingerprint density at radius 1 is 0.810 bits per heavy atom. The van der Waals surface area contributed by atoms with Crippen LogP contribution in [0.5, 0.6) is 0 Å². The van der Waals surface area contributed by atoms with Crippen molar-refractivity contribution in [2.45, 2.75) is 13.8 Å². The van der Waals surface area contributed by atoms with Crippen molar-refractivity contribution in [3.63, 3.8) is 0 Å². The summed E-state index contributed by atoms with van der Waals surface area (Å²) in [5.74, 6) is 0. The van der Waals surface area contributed by atoms with Crippen molar-refractivity contribution in [3.8, 4) is 0 Å². The van der Waals surface area contributed by atoms with Gasteiger partial charge in [-0.2, -0.15) is 0 Å². The molecule has 1 fully saturated rings. The van der Waals surface area contributed by atoms with Crippen LogP contribution in [0.15, 0.2) is 42.5 Å². The number of nitrogens with zero attached hydrogens (tertiary/aromatic N) is 2. The minimum atomic E-state index is 0.827. The lowest BCUT2D eigenvalue weighted by atomic mass is 10.1. The Hall–Kier alpha value is -2.16. The summed E-state index contributed by atoms with van der Waals surface area (Å²) in [5.41, 5.74) is 12.0. The van der Waals surface area contributed by atoms with Gasteiger partial charge in [0.1, 0.15) is 0 Å². The van der Waals surface area contributed by atoms with Crippen LogP contribution in [0.25, 0.3) is 0 Å². The summed E-state index contributed by atoms with van der Waals surface area (Å²) in [6.45, 7) is 8.64. The second-order valence-electron chi connectivity index (χ2n) is 5.78. The van der Waals surface area contributed by atoms with Crippen LogP contribution >= 0.6 is 0 Å². The molecule has 2 aromatic rings. The lowest BCUT2D eigenvalue weighted by Gasteiger charge is -2.38. The first-order valence-electron chi connectivity index (χ1n) is 7.57. The van der Waals surface area contributed by atoms with Crippen molar-refractivity contribution < 1.29 is 0 Å². The summed E-state index contributed by atoms with van der Waals surface area (Å²) in [7, 11) is 0. The quantitative estimate of drug-likeness (QED) is 0.858. The molecule has 0 saturated carbocycles. The van der Waals surface area contributed by atoms with Gasteiger partial charge in [0.05, 0.1) is 0 Å². The first kappa shape index (κ1) is 13.8. The fraction of sp³-hybridized carbons (Fsp3) is 0.333. The lowest BCUT2D eigenvalue weighted by molar-refractivity contribution is 0.652. The van der Waals surface area contributed by atoms with Gasteiger partial charge in [-0.05, 0) is 55.3 Å². The number of nitrogen functional groups attached to an aromatic ring is 1. The zero-order valence-electron chi connectivity index (χ0n) is 12.8. The molecule has 1 aliphatic heterocycles. The second-order valence-corrected chi connectivity index (χ2v) is 5.78. The molecule has 0 atom stereocenters. The van der Waals surface area contributed by atoms with E-state index in [4.69, 9.17) is 5.73 Å². The summed E-state index contributed by atoms with van der Waals surface area (Å²) >= 11 is 0. The summed E-state index contributed by atoms with van der Waals surface area (Å²) in [6.07, 6.45) is 0. The molecule has 3 heteroatoms. The van der Waals surface area contributed by atoms with E-state index in [1.165, 1.54) is 22.5 Å². The van der Waals surface area contributed by atoms with Gasteiger partial charge < -0.3 is 15.5 Å². The summed E-state index contributed by atoms with van der Waals surface area (Å²) in [6, 6.07) is 14.8. The molecular formula is C18H23N3. The van der Waals surface area contributed by atoms with Crippen LogP contribution in [0.2, 0.25) is 0 Å². The van der Waals surface area contributed by atoms with E-state index in [9.17, 15) is 0 Å². The maximum absolute atomic E-state index is 5.76. The number of aryl methyl sites for hydroxylation is 1.